The van der Waals surface area contributed by atoms with Gasteiger partial charge in [-0.1, -0.05) is 0 Å². The summed E-state index contributed by atoms with van der Waals surface area (Å²) in [5, 5.41) is 0.734. The highest BCUT2D eigenvalue weighted by Gasteiger charge is 2.08. The average Bonchev–Trinajstić information content (AvgIpc) is 2.39. The second-order valence-electron chi connectivity index (χ2n) is 3.89. The van der Waals surface area contributed by atoms with Crippen LogP contribution in [-0.4, -0.2) is 10.9 Å². The largest absolute Gasteiger partial charge is 0.397 e. The SMILES string of the molecule is NC(=O)c1ccc(F)c(CSc2ccc(N)cn2)c1. The fraction of sp³-hybridized carbons (Fsp3) is 0.0769. The van der Waals surface area contributed by atoms with E-state index in [0.717, 1.165) is 5.03 Å². The van der Waals surface area contributed by atoms with Gasteiger partial charge in [0.1, 0.15) is 5.82 Å². The number of carbonyl (C=O) groups excluding carboxylic acids is 1. The van der Waals surface area contributed by atoms with E-state index in [0.29, 0.717) is 22.6 Å². The highest BCUT2D eigenvalue weighted by atomic mass is 32.2. The molecule has 0 spiro atoms. The minimum atomic E-state index is -0.572. The molecule has 1 amide bonds. The number of anilines is 1. The molecular formula is C13H12FN3OS. The van der Waals surface area contributed by atoms with Gasteiger partial charge in [0, 0.05) is 11.3 Å². The van der Waals surface area contributed by atoms with Crippen molar-refractivity contribution in [1.29, 1.82) is 0 Å². The Morgan fingerprint density at radius 2 is 2.11 bits per heavy atom. The first-order valence-corrected chi connectivity index (χ1v) is 6.47. The molecule has 0 radical (unpaired) electrons. The fourth-order valence-corrected chi connectivity index (χ4v) is 2.28. The summed E-state index contributed by atoms with van der Waals surface area (Å²) >= 11 is 1.36. The molecule has 1 aromatic heterocycles. The molecule has 0 aliphatic carbocycles. The quantitative estimate of drug-likeness (QED) is 0.839. The van der Waals surface area contributed by atoms with Crippen LogP contribution in [0.2, 0.25) is 0 Å². The molecule has 0 aliphatic rings. The van der Waals surface area contributed by atoms with Crippen molar-refractivity contribution in [3.8, 4) is 0 Å². The van der Waals surface area contributed by atoms with Crippen molar-refractivity contribution in [2.75, 3.05) is 5.73 Å². The van der Waals surface area contributed by atoms with Gasteiger partial charge in [0.2, 0.25) is 5.91 Å². The van der Waals surface area contributed by atoms with Gasteiger partial charge in [-0.05, 0) is 35.9 Å². The lowest BCUT2D eigenvalue weighted by Crippen LogP contribution is -2.11. The summed E-state index contributed by atoms with van der Waals surface area (Å²) in [6.45, 7) is 0. The predicted octanol–water partition coefficient (Wildman–Crippen LogP) is 2.19. The van der Waals surface area contributed by atoms with Crippen molar-refractivity contribution in [3.63, 3.8) is 0 Å². The maximum atomic E-state index is 13.6. The van der Waals surface area contributed by atoms with Gasteiger partial charge in [-0.3, -0.25) is 4.79 Å². The standard InChI is InChI=1S/C13H12FN3OS/c14-11-3-1-8(13(16)18)5-9(11)7-19-12-4-2-10(15)6-17-12/h1-6H,7,15H2,(H2,16,18). The Hall–Kier alpha value is -2.08. The van der Waals surface area contributed by atoms with E-state index in [1.807, 2.05) is 0 Å². The highest BCUT2D eigenvalue weighted by molar-refractivity contribution is 7.98. The molecule has 0 fully saturated rings. The van der Waals surface area contributed by atoms with Gasteiger partial charge >= 0.3 is 0 Å². The third-order valence-corrected chi connectivity index (χ3v) is 3.46. The van der Waals surface area contributed by atoms with Gasteiger partial charge in [0.05, 0.1) is 16.9 Å². The lowest BCUT2D eigenvalue weighted by atomic mass is 10.1. The van der Waals surface area contributed by atoms with Crippen molar-refractivity contribution >= 4 is 23.4 Å². The lowest BCUT2D eigenvalue weighted by molar-refractivity contribution is 0.1000. The number of carbonyl (C=O) groups is 1. The predicted molar refractivity (Wildman–Crippen MR) is 73.1 cm³/mol. The van der Waals surface area contributed by atoms with E-state index >= 15 is 0 Å². The van der Waals surface area contributed by atoms with Crippen LogP contribution in [0.3, 0.4) is 0 Å². The summed E-state index contributed by atoms with van der Waals surface area (Å²) in [7, 11) is 0. The van der Waals surface area contributed by atoms with Crippen molar-refractivity contribution < 1.29 is 9.18 Å². The molecule has 98 valence electrons. The lowest BCUT2D eigenvalue weighted by Gasteiger charge is -2.05. The molecule has 0 atom stereocenters. The van der Waals surface area contributed by atoms with Crippen molar-refractivity contribution in [3.05, 3.63) is 53.5 Å². The smallest absolute Gasteiger partial charge is 0.248 e. The van der Waals surface area contributed by atoms with Crippen molar-refractivity contribution in [1.82, 2.24) is 4.98 Å². The molecule has 4 nitrogen and oxygen atoms in total. The Kier molecular flexibility index (Phi) is 4.01. The van der Waals surface area contributed by atoms with Crippen LogP contribution in [0.15, 0.2) is 41.6 Å². The molecule has 1 heterocycles. The second kappa shape index (κ2) is 5.71. The zero-order chi connectivity index (χ0) is 13.8. The van der Waals surface area contributed by atoms with Crippen LogP contribution in [0.25, 0.3) is 0 Å². The first-order valence-electron chi connectivity index (χ1n) is 5.49. The van der Waals surface area contributed by atoms with E-state index in [-0.39, 0.29) is 5.82 Å². The number of primary amides is 1. The van der Waals surface area contributed by atoms with Crippen LogP contribution in [0.1, 0.15) is 15.9 Å². The third-order valence-electron chi connectivity index (χ3n) is 2.47. The van der Waals surface area contributed by atoms with E-state index in [9.17, 15) is 9.18 Å². The van der Waals surface area contributed by atoms with E-state index in [1.54, 1.807) is 18.3 Å². The Morgan fingerprint density at radius 3 is 2.74 bits per heavy atom. The number of nitrogens with two attached hydrogens (primary N) is 2. The number of nitrogens with zero attached hydrogens (tertiary/aromatic N) is 1. The summed E-state index contributed by atoms with van der Waals surface area (Å²) in [6.07, 6.45) is 1.54. The van der Waals surface area contributed by atoms with Crippen LogP contribution in [0.5, 0.6) is 0 Å². The fourth-order valence-electron chi connectivity index (χ4n) is 1.47. The average molecular weight is 277 g/mol. The van der Waals surface area contributed by atoms with Crippen LogP contribution in [0.4, 0.5) is 10.1 Å². The van der Waals surface area contributed by atoms with Gasteiger partial charge in [0.15, 0.2) is 0 Å². The Morgan fingerprint density at radius 1 is 1.32 bits per heavy atom. The molecule has 0 unspecified atom stereocenters. The van der Waals surface area contributed by atoms with Gasteiger partial charge in [0.25, 0.3) is 0 Å². The molecule has 0 bridgehead atoms. The van der Waals surface area contributed by atoms with Crippen molar-refractivity contribution in [2.45, 2.75) is 10.8 Å². The number of amides is 1. The van der Waals surface area contributed by atoms with Crippen LogP contribution in [-0.2, 0) is 5.75 Å². The molecular weight excluding hydrogens is 265 g/mol. The molecule has 2 rings (SSSR count). The van der Waals surface area contributed by atoms with Crippen molar-refractivity contribution in [2.24, 2.45) is 5.73 Å². The summed E-state index contributed by atoms with van der Waals surface area (Å²) in [5.74, 6) is -0.575. The van der Waals surface area contributed by atoms with Gasteiger partial charge < -0.3 is 11.5 Å². The number of pyridine rings is 1. The maximum Gasteiger partial charge on any atom is 0.248 e. The van der Waals surface area contributed by atoms with E-state index in [1.165, 1.54) is 30.0 Å². The van der Waals surface area contributed by atoms with E-state index in [2.05, 4.69) is 4.98 Å². The third kappa shape index (κ3) is 3.45. The number of rotatable bonds is 4. The van der Waals surface area contributed by atoms with Gasteiger partial charge in [-0.15, -0.1) is 11.8 Å². The summed E-state index contributed by atoms with van der Waals surface area (Å²) in [5.41, 5.74) is 12.0. The van der Waals surface area contributed by atoms with Gasteiger partial charge in [-0.25, -0.2) is 9.37 Å². The summed E-state index contributed by atoms with van der Waals surface area (Å²) in [4.78, 5) is 15.1. The zero-order valence-corrected chi connectivity index (χ0v) is 10.8. The minimum absolute atomic E-state index is 0.294. The molecule has 1 aromatic carbocycles. The molecule has 2 aromatic rings. The van der Waals surface area contributed by atoms with Gasteiger partial charge in [-0.2, -0.15) is 0 Å². The Bertz CT molecular complexity index is 601. The second-order valence-corrected chi connectivity index (χ2v) is 4.88. The monoisotopic (exact) mass is 277 g/mol. The first-order chi connectivity index (χ1) is 9.06. The Labute approximate surface area is 114 Å². The molecule has 19 heavy (non-hydrogen) atoms. The normalized spacial score (nSPS) is 10.4. The molecule has 0 aliphatic heterocycles. The number of thioether (sulfide) groups is 1. The molecule has 4 N–H and O–H groups in total. The molecule has 0 saturated heterocycles. The Balaban J connectivity index is 2.12. The molecule has 6 heteroatoms. The maximum absolute atomic E-state index is 13.6. The summed E-state index contributed by atoms with van der Waals surface area (Å²) in [6, 6.07) is 7.56. The number of nitrogen functional groups attached to an aromatic ring is 1. The number of hydrogen-bond donors (Lipinski definition) is 2. The van der Waals surface area contributed by atoms with E-state index in [4.69, 9.17) is 11.5 Å². The summed E-state index contributed by atoms with van der Waals surface area (Å²) < 4.78 is 13.6. The highest BCUT2D eigenvalue weighted by Crippen LogP contribution is 2.23. The number of hydrogen-bond acceptors (Lipinski definition) is 4. The number of aromatic nitrogens is 1. The van der Waals surface area contributed by atoms with Crippen LogP contribution < -0.4 is 11.5 Å². The topological polar surface area (TPSA) is 82.0 Å². The van der Waals surface area contributed by atoms with Crippen LogP contribution in [0, 0.1) is 5.82 Å². The molecule has 0 saturated carbocycles. The number of benzene rings is 1. The number of halogens is 1. The first kappa shape index (κ1) is 13.4. The van der Waals surface area contributed by atoms with Crippen LogP contribution >= 0.6 is 11.8 Å². The van der Waals surface area contributed by atoms with E-state index < -0.39 is 5.91 Å². The zero-order valence-electron chi connectivity index (χ0n) is 9.97. The minimum Gasteiger partial charge on any atom is -0.397 e.